The smallest absolute Gasteiger partial charge is 0.416 e. The van der Waals surface area contributed by atoms with Crippen LogP contribution < -0.4 is 5.32 Å². The summed E-state index contributed by atoms with van der Waals surface area (Å²) in [5.41, 5.74) is -0.455. The predicted octanol–water partition coefficient (Wildman–Crippen LogP) is 1.23. The fourth-order valence-corrected chi connectivity index (χ4v) is 2.12. The molecule has 0 spiro atoms. The number of hydrogen-bond acceptors (Lipinski definition) is 4. The molecule has 24 heavy (non-hydrogen) atoms. The summed E-state index contributed by atoms with van der Waals surface area (Å²) >= 11 is 0. The molecule has 1 aliphatic heterocycles. The molecule has 0 aromatic heterocycles. The van der Waals surface area contributed by atoms with Gasteiger partial charge in [-0.2, -0.15) is 13.2 Å². The van der Waals surface area contributed by atoms with Gasteiger partial charge in [-0.15, -0.1) is 0 Å². The summed E-state index contributed by atoms with van der Waals surface area (Å²) in [6.07, 6.45) is -5.27. The van der Waals surface area contributed by atoms with Crippen molar-refractivity contribution in [2.75, 3.05) is 13.2 Å². The minimum absolute atomic E-state index is 0.137. The zero-order valence-corrected chi connectivity index (χ0v) is 12.2. The summed E-state index contributed by atoms with van der Waals surface area (Å²) in [6, 6.07) is 3.09. The SMILES string of the molecule is O=C(O)CNC(=O)[C@@H]1COC(=O)N1Cc1ccc(C(F)(F)F)cc1. The quantitative estimate of drug-likeness (QED) is 0.836. The Morgan fingerprint density at radius 3 is 2.46 bits per heavy atom. The van der Waals surface area contributed by atoms with Crippen molar-refractivity contribution in [2.45, 2.75) is 18.8 Å². The minimum atomic E-state index is -4.47. The van der Waals surface area contributed by atoms with E-state index in [4.69, 9.17) is 9.84 Å². The average molecular weight is 346 g/mol. The highest BCUT2D eigenvalue weighted by Gasteiger charge is 2.38. The van der Waals surface area contributed by atoms with E-state index < -0.39 is 42.3 Å². The maximum Gasteiger partial charge on any atom is 0.416 e. The molecule has 1 saturated heterocycles. The van der Waals surface area contributed by atoms with Gasteiger partial charge in [-0.3, -0.25) is 14.5 Å². The van der Waals surface area contributed by atoms with Crippen LogP contribution in [0.25, 0.3) is 0 Å². The maximum absolute atomic E-state index is 12.5. The van der Waals surface area contributed by atoms with Crippen LogP contribution >= 0.6 is 0 Å². The van der Waals surface area contributed by atoms with Crippen molar-refractivity contribution < 1.29 is 37.4 Å². The first-order valence-electron chi connectivity index (χ1n) is 6.77. The van der Waals surface area contributed by atoms with Gasteiger partial charge in [0.1, 0.15) is 19.2 Å². The monoisotopic (exact) mass is 346 g/mol. The van der Waals surface area contributed by atoms with Gasteiger partial charge >= 0.3 is 18.2 Å². The normalized spacial score (nSPS) is 17.5. The Hall–Kier alpha value is -2.78. The number of benzene rings is 1. The van der Waals surface area contributed by atoms with Crippen molar-refractivity contribution in [3.63, 3.8) is 0 Å². The topological polar surface area (TPSA) is 95.9 Å². The molecular weight excluding hydrogens is 333 g/mol. The predicted molar refractivity (Wildman–Crippen MR) is 72.8 cm³/mol. The molecule has 0 aliphatic carbocycles. The molecule has 0 unspecified atom stereocenters. The lowest BCUT2D eigenvalue weighted by molar-refractivity contribution is -0.138. The molecule has 1 atom stereocenters. The Morgan fingerprint density at radius 1 is 1.29 bits per heavy atom. The number of aliphatic carboxylic acids is 1. The van der Waals surface area contributed by atoms with Crippen molar-refractivity contribution in [1.29, 1.82) is 0 Å². The summed E-state index contributed by atoms with van der Waals surface area (Å²) in [4.78, 5) is 35.0. The molecule has 1 heterocycles. The third-order valence-corrected chi connectivity index (χ3v) is 3.33. The van der Waals surface area contributed by atoms with Crippen LogP contribution in [-0.2, 0) is 27.0 Å². The number of carboxylic acids is 1. The molecule has 0 bridgehead atoms. The molecule has 1 aromatic rings. The van der Waals surface area contributed by atoms with E-state index >= 15 is 0 Å². The first-order chi connectivity index (χ1) is 11.2. The third kappa shape index (κ3) is 4.15. The summed E-state index contributed by atoms with van der Waals surface area (Å²) in [6.45, 7) is -1.01. The average Bonchev–Trinajstić information content (AvgIpc) is 2.86. The van der Waals surface area contributed by atoms with Gasteiger partial charge in [-0.05, 0) is 17.7 Å². The van der Waals surface area contributed by atoms with E-state index in [1.165, 1.54) is 12.1 Å². The van der Waals surface area contributed by atoms with Gasteiger partial charge in [0.25, 0.3) is 0 Å². The summed E-state index contributed by atoms with van der Waals surface area (Å²) in [5, 5.41) is 10.7. The first-order valence-corrected chi connectivity index (χ1v) is 6.77. The molecule has 10 heteroatoms. The molecule has 2 rings (SSSR count). The van der Waals surface area contributed by atoms with Crippen molar-refractivity contribution in [3.8, 4) is 0 Å². The van der Waals surface area contributed by atoms with E-state index in [0.717, 1.165) is 17.0 Å². The molecule has 2 amide bonds. The Labute approximate surface area is 134 Å². The number of hydrogen-bond donors (Lipinski definition) is 2. The zero-order valence-electron chi connectivity index (χ0n) is 12.2. The molecule has 130 valence electrons. The van der Waals surface area contributed by atoms with Gasteiger partial charge < -0.3 is 15.2 Å². The van der Waals surface area contributed by atoms with Crippen LogP contribution in [0.15, 0.2) is 24.3 Å². The van der Waals surface area contributed by atoms with Crippen LogP contribution in [-0.4, -0.2) is 47.2 Å². The van der Waals surface area contributed by atoms with Crippen LogP contribution in [0.5, 0.6) is 0 Å². The van der Waals surface area contributed by atoms with E-state index in [1.807, 2.05) is 0 Å². The van der Waals surface area contributed by atoms with Crippen LogP contribution in [0.2, 0.25) is 0 Å². The van der Waals surface area contributed by atoms with E-state index in [0.29, 0.717) is 5.56 Å². The molecule has 2 N–H and O–H groups in total. The van der Waals surface area contributed by atoms with Crippen LogP contribution in [0.3, 0.4) is 0 Å². The number of nitrogens with one attached hydrogen (secondary N) is 1. The van der Waals surface area contributed by atoms with Gasteiger partial charge in [-0.25, -0.2) is 4.79 Å². The van der Waals surface area contributed by atoms with Gasteiger partial charge in [-0.1, -0.05) is 12.1 Å². The van der Waals surface area contributed by atoms with E-state index in [1.54, 1.807) is 0 Å². The second-order valence-corrected chi connectivity index (χ2v) is 5.03. The largest absolute Gasteiger partial charge is 0.480 e. The fraction of sp³-hybridized carbons (Fsp3) is 0.357. The first kappa shape index (κ1) is 17.6. The van der Waals surface area contributed by atoms with E-state index in [9.17, 15) is 27.6 Å². The maximum atomic E-state index is 12.5. The second kappa shape index (κ2) is 6.77. The third-order valence-electron chi connectivity index (χ3n) is 3.33. The number of halogens is 3. The number of nitrogens with zero attached hydrogens (tertiary/aromatic N) is 1. The molecule has 1 aromatic carbocycles. The standard InChI is InChI=1S/C14H13F3N2O5/c15-14(16,17)9-3-1-8(2-4-9)6-19-10(7-24-13(19)23)12(22)18-5-11(20)21/h1-4,10H,5-7H2,(H,18,22)(H,20,21)/t10-/m0/s1. The van der Waals surface area contributed by atoms with Crippen molar-refractivity contribution in [2.24, 2.45) is 0 Å². The number of rotatable bonds is 5. The van der Waals surface area contributed by atoms with E-state index in [-0.39, 0.29) is 13.2 Å². The molecule has 0 radical (unpaired) electrons. The summed E-state index contributed by atoms with van der Waals surface area (Å²) in [5.74, 6) is -1.96. The Bertz CT molecular complexity index is 645. The fourth-order valence-electron chi connectivity index (χ4n) is 2.12. The number of carboxylic acid groups (broad SMARTS) is 1. The summed E-state index contributed by atoms with van der Waals surface area (Å²) < 4.78 is 42.3. The van der Waals surface area contributed by atoms with Crippen molar-refractivity contribution in [3.05, 3.63) is 35.4 Å². The van der Waals surface area contributed by atoms with Crippen molar-refractivity contribution >= 4 is 18.0 Å². The highest BCUT2D eigenvalue weighted by atomic mass is 19.4. The number of carbonyl (C=O) groups excluding carboxylic acids is 2. The number of ether oxygens (including phenoxy) is 1. The lowest BCUT2D eigenvalue weighted by atomic mass is 10.1. The van der Waals surface area contributed by atoms with Crippen molar-refractivity contribution in [1.82, 2.24) is 10.2 Å². The molecule has 1 aliphatic rings. The summed E-state index contributed by atoms with van der Waals surface area (Å²) in [7, 11) is 0. The number of alkyl halides is 3. The second-order valence-electron chi connectivity index (χ2n) is 5.03. The van der Waals surface area contributed by atoms with E-state index in [2.05, 4.69) is 5.32 Å². The lowest BCUT2D eigenvalue weighted by Crippen LogP contribution is -2.46. The van der Waals surface area contributed by atoms with Gasteiger partial charge in [0.15, 0.2) is 0 Å². The van der Waals surface area contributed by atoms with Gasteiger partial charge in [0, 0.05) is 0 Å². The Balaban J connectivity index is 2.07. The molecule has 1 fully saturated rings. The zero-order chi connectivity index (χ0) is 17.9. The van der Waals surface area contributed by atoms with Crippen LogP contribution in [0.4, 0.5) is 18.0 Å². The van der Waals surface area contributed by atoms with Gasteiger partial charge in [0.05, 0.1) is 12.1 Å². The number of cyclic esters (lactones) is 1. The Morgan fingerprint density at radius 2 is 1.92 bits per heavy atom. The Kier molecular flexibility index (Phi) is 4.96. The van der Waals surface area contributed by atoms with Gasteiger partial charge in [0.2, 0.25) is 5.91 Å². The van der Waals surface area contributed by atoms with Crippen LogP contribution in [0.1, 0.15) is 11.1 Å². The number of carbonyl (C=O) groups is 3. The number of amides is 2. The molecular formula is C14H13F3N2O5. The van der Waals surface area contributed by atoms with Crippen LogP contribution in [0, 0.1) is 0 Å². The molecule has 7 nitrogen and oxygen atoms in total. The highest BCUT2D eigenvalue weighted by molar-refractivity contribution is 5.89. The molecule has 0 saturated carbocycles. The highest BCUT2D eigenvalue weighted by Crippen LogP contribution is 2.29. The minimum Gasteiger partial charge on any atom is -0.480 e. The lowest BCUT2D eigenvalue weighted by Gasteiger charge is -2.20.